The van der Waals surface area contributed by atoms with Crippen LogP contribution in [-0.2, 0) is 11.3 Å². The Bertz CT molecular complexity index is 632. The van der Waals surface area contributed by atoms with Crippen molar-refractivity contribution in [1.29, 1.82) is 0 Å². The van der Waals surface area contributed by atoms with Crippen LogP contribution < -0.4 is 10.6 Å². The maximum Gasteiger partial charge on any atom is 0.315 e. The Morgan fingerprint density at radius 1 is 1.42 bits per heavy atom. The normalized spacial score (nSPS) is 21.9. The Labute approximate surface area is 141 Å². The highest BCUT2D eigenvalue weighted by molar-refractivity contribution is 5.74. The fourth-order valence-corrected chi connectivity index (χ4v) is 2.93. The van der Waals surface area contributed by atoms with Crippen LogP contribution in [0.15, 0.2) is 43.0 Å². The molecule has 3 rings (SSSR count). The first-order chi connectivity index (χ1) is 11.7. The third kappa shape index (κ3) is 4.55. The molecule has 1 aliphatic rings. The van der Waals surface area contributed by atoms with E-state index in [0.717, 1.165) is 18.4 Å². The first-order valence-corrected chi connectivity index (χ1v) is 8.26. The summed E-state index contributed by atoms with van der Waals surface area (Å²) in [4.78, 5) is 16.1. The van der Waals surface area contributed by atoms with E-state index in [1.807, 2.05) is 25.1 Å². The quantitative estimate of drug-likeness (QED) is 0.878. The number of benzene rings is 1. The van der Waals surface area contributed by atoms with E-state index in [0.29, 0.717) is 13.2 Å². The minimum atomic E-state index is -0.152. The van der Waals surface area contributed by atoms with E-state index in [1.165, 1.54) is 6.33 Å². The van der Waals surface area contributed by atoms with E-state index in [-0.39, 0.29) is 24.2 Å². The molecule has 128 valence electrons. The zero-order chi connectivity index (χ0) is 16.8. The molecule has 1 aromatic carbocycles. The van der Waals surface area contributed by atoms with Gasteiger partial charge in [-0.2, -0.15) is 5.10 Å². The molecule has 1 aromatic heterocycles. The molecule has 24 heavy (non-hydrogen) atoms. The van der Waals surface area contributed by atoms with Crippen molar-refractivity contribution in [3.8, 4) is 0 Å². The van der Waals surface area contributed by atoms with E-state index in [4.69, 9.17) is 4.74 Å². The lowest BCUT2D eigenvalue weighted by Crippen LogP contribution is -2.48. The van der Waals surface area contributed by atoms with Gasteiger partial charge < -0.3 is 15.4 Å². The maximum atomic E-state index is 12.2. The molecule has 0 spiro atoms. The van der Waals surface area contributed by atoms with Crippen molar-refractivity contribution in [3.05, 3.63) is 48.5 Å². The second kappa shape index (κ2) is 7.92. The topological polar surface area (TPSA) is 81.1 Å². The van der Waals surface area contributed by atoms with Crippen molar-refractivity contribution >= 4 is 6.03 Å². The Morgan fingerprint density at radius 2 is 2.25 bits per heavy atom. The molecular formula is C17H23N5O2. The Morgan fingerprint density at radius 3 is 3.00 bits per heavy atom. The molecule has 0 radical (unpaired) electrons. The average Bonchev–Trinajstić information content (AvgIpc) is 3.08. The predicted molar refractivity (Wildman–Crippen MR) is 89.3 cm³/mol. The Hall–Kier alpha value is -2.41. The standard InChI is InChI=1S/C17H23N5O2/c1-13(10-22-12-18-11-19-22)20-17(23)21-15-7-8-24-16(9-15)14-5-3-2-4-6-14/h2-6,11-13,15-16H,7-10H2,1H3,(H2,20,21,23)/t13-,15-,16-/m1/s1. The van der Waals surface area contributed by atoms with Crippen molar-refractivity contribution in [2.24, 2.45) is 0 Å². The van der Waals surface area contributed by atoms with E-state index >= 15 is 0 Å². The lowest BCUT2D eigenvalue weighted by molar-refractivity contribution is 0.00221. The molecule has 1 saturated heterocycles. The number of ether oxygens (including phenoxy) is 1. The number of aromatic nitrogens is 3. The highest BCUT2D eigenvalue weighted by Crippen LogP contribution is 2.27. The lowest BCUT2D eigenvalue weighted by Gasteiger charge is -2.30. The zero-order valence-electron chi connectivity index (χ0n) is 13.8. The predicted octanol–water partition coefficient (Wildman–Crippen LogP) is 1.89. The van der Waals surface area contributed by atoms with Gasteiger partial charge in [-0.05, 0) is 25.3 Å². The first-order valence-electron chi connectivity index (χ1n) is 8.26. The van der Waals surface area contributed by atoms with E-state index in [9.17, 15) is 4.79 Å². The molecule has 2 heterocycles. The van der Waals surface area contributed by atoms with E-state index in [2.05, 4.69) is 32.8 Å². The fourth-order valence-electron chi connectivity index (χ4n) is 2.93. The van der Waals surface area contributed by atoms with Gasteiger partial charge in [-0.15, -0.1) is 0 Å². The Balaban J connectivity index is 1.47. The minimum Gasteiger partial charge on any atom is -0.373 e. The number of hydrogen-bond donors (Lipinski definition) is 2. The number of nitrogens with one attached hydrogen (secondary N) is 2. The number of amides is 2. The first kappa shape index (κ1) is 16.4. The molecular weight excluding hydrogens is 306 g/mol. The molecule has 3 atom stereocenters. The van der Waals surface area contributed by atoms with Crippen LogP contribution in [0.2, 0.25) is 0 Å². The highest BCUT2D eigenvalue weighted by Gasteiger charge is 2.25. The van der Waals surface area contributed by atoms with Crippen molar-refractivity contribution in [1.82, 2.24) is 25.4 Å². The molecule has 7 nitrogen and oxygen atoms in total. The molecule has 0 aliphatic carbocycles. The molecule has 0 bridgehead atoms. The van der Waals surface area contributed by atoms with Crippen molar-refractivity contribution in [3.63, 3.8) is 0 Å². The number of urea groups is 1. The lowest BCUT2D eigenvalue weighted by atomic mass is 9.97. The summed E-state index contributed by atoms with van der Waals surface area (Å²) in [5, 5.41) is 10.0. The summed E-state index contributed by atoms with van der Waals surface area (Å²) in [6, 6.07) is 10.1. The Kier molecular flexibility index (Phi) is 5.43. The van der Waals surface area contributed by atoms with Gasteiger partial charge in [0, 0.05) is 18.7 Å². The number of rotatable bonds is 5. The molecule has 0 unspecified atom stereocenters. The summed E-state index contributed by atoms with van der Waals surface area (Å²) in [7, 11) is 0. The minimum absolute atomic E-state index is 0.0311. The molecule has 7 heteroatoms. The zero-order valence-corrected chi connectivity index (χ0v) is 13.8. The molecule has 2 amide bonds. The number of carbonyl (C=O) groups is 1. The van der Waals surface area contributed by atoms with Crippen LogP contribution in [0.1, 0.15) is 31.4 Å². The molecule has 1 aliphatic heterocycles. The smallest absolute Gasteiger partial charge is 0.315 e. The van der Waals surface area contributed by atoms with Gasteiger partial charge in [0.1, 0.15) is 12.7 Å². The van der Waals surface area contributed by atoms with Crippen molar-refractivity contribution < 1.29 is 9.53 Å². The SMILES string of the molecule is C[C@H](Cn1cncn1)NC(=O)N[C@@H]1CCO[C@@H](c2ccccc2)C1. The van der Waals surface area contributed by atoms with Crippen LogP contribution in [0, 0.1) is 0 Å². The van der Waals surface area contributed by atoms with Gasteiger partial charge in [0.05, 0.1) is 12.6 Å². The van der Waals surface area contributed by atoms with Gasteiger partial charge in [-0.3, -0.25) is 4.68 Å². The second-order valence-electron chi connectivity index (χ2n) is 6.13. The molecule has 0 saturated carbocycles. The molecule has 2 N–H and O–H groups in total. The second-order valence-corrected chi connectivity index (χ2v) is 6.13. The average molecular weight is 329 g/mol. The van der Waals surface area contributed by atoms with Gasteiger partial charge in [-0.1, -0.05) is 30.3 Å². The fraction of sp³-hybridized carbons (Fsp3) is 0.471. The van der Waals surface area contributed by atoms with Crippen molar-refractivity contribution in [2.75, 3.05) is 6.61 Å². The largest absolute Gasteiger partial charge is 0.373 e. The van der Waals surface area contributed by atoms with Gasteiger partial charge in [0.15, 0.2) is 0 Å². The third-order valence-electron chi connectivity index (χ3n) is 4.10. The summed E-state index contributed by atoms with van der Waals surface area (Å²) in [6.45, 7) is 3.19. The van der Waals surface area contributed by atoms with Crippen LogP contribution >= 0.6 is 0 Å². The summed E-state index contributed by atoms with van der Waals surface area (Å²) < 4.78 is 7.54. The monoisotopic (exact) mass is 329 g/mol. The number of hydrogen-bond acceptors (Lipinski definition) is 4. The van der Waals surface area contributed by atoms with Gasteiger partial charge in [-0.25, -0.2) is 9.78 Å². The highest BCUT2D eigenvalue weighted by atomic mass is 16.5. The van der Waals surface area contributed by atoms with Crippen LogP contribution in [0.5, 0.6) is 0 Å². The summed E-state index contributed by atoms with van der Waals surface area (Å²) in [6.07, 6.45) is 4.78. The third-order valence-corrected chi connectivity index (χ3v) is 4.10. The number of carbonyl (C=O) groups excluding carboxylic acids is 1. The molecule has 2 aromatic rings. The van der Waals surface area contributed by atoms with Gasteiger partial charge >= 0.3 is 6.03 Å². The van der Waals surface area contributed by atoms with Crippen LogP contribution in [0.4, 0.5) is 4.79 Å². The number of nitrogens with zero attached hydrogens (tertiary/aromatic N) is 3. The summed E-state index contributed by atoms with van der Waals surface area (Å²) in [5.74, 6) is 0. The maximum absolute atomic E-state index is 12.2. The van der Waals surface area contributed by atoms with Crippen LogP contribution in [-0.4, -0.2) is 39.5 Å². The van der Waals surface area contributed by atoms with Crippen LogP contribution in [0.3, 0.4) is 0 Å². The van der Waals surface area contributed by atoms with E-state index < -0.39 is 0 Å². The summed E-state index contributed by atoms with van der Waals surface area (Å²) in [5.41, 5.74) is 1.16. The summed E-state index contributed by atoms with van der Waals surface area (Å²) >= 11 is 0. The molecule has 1 fully saturated rings. The van der Waals surface area contributed by atoms with Crippen LogP contribution in [0.25, 0.3) is 0 Å². The van der Waals surface area contributed by atoms with Gasteiger partial charge in [0.2, 0.25) is 0 Å². The van der Waals surface area contributed by atoms with Gasteiger partial charge in [0.25, 0.3) is 0 Å². The van der Waals surface area contributed by atoms with Crippen molar-refractivity contribution in [2.45, 2.75) is 44.5 Å². The van der Waals surface area contributed by atoms with E-state index in [1.54, 1.807) is 11.0 Å².